The number of nitrogens with one attached hydrogen (secondary N) is 2. The maximum Gasteiger partial charge on any atom is 0.245 e. The molecule has 0 aliphatic carbocycles. The van der Waals surface area contributed by atoms with Crippen molar-refractivity contribution in [2.75, 3.05) is 18.0 Å². The van der Waals surface area contributed by atoms with Crippen LogP contribution >= 0.6 is 0 Å². The summed E-state index contributed by atoms with van der Waals surface area (Å²) >= 11 is 0. The molecule has 1 aliphatic heterocycles. The van der Waals surface area contributed by atoms with E-state index in [0.29, 0.717) is 23.3 Å². The van der Waals surface area contributed by atoms with Gasteiger partial charge in [0.05, 0.1) is 5.56 Å². The lowest BCUT2D eigenvalue weighted by Gasteiger charge is -2.34. The molecule has 2 aromatic heterocycles. The molecule has 0 aromatic carbocycles. The SMILES string of the molecule is CC1CCN(c2n[nH]c(-c3c[nH]ccc3=O)n2)CC1N. The van der Waals surface area contributed by atoms with Crippen molar-refractivity contribution in [1.29, 1.82) is 0 Å². The Morgan fingerprint density at radius 1 is 1.50 bits per heavy atom. The van der Waals surface area contributed by atoms with E-state index in [1.807, 2.05) is 0 Å². The lowest BCUT2D eigenvalue weighted by Crippen LogP contribution is -2.48. The molecule has 0 bridgehead atoms. The van der Waals surface area contributed by atoms with Crippen LogP contribution in [-0.4, -0.2) is 39.3 Å². The number of piperidine rings is 1. The van der Waals surface area contributed by atoms with Gasteiger partial charge in [0.1, 0.15) is 0 Å². The van der Waals surface area contributed by atoms with E-state index in [1.165, 1.54) is 6.07 Å². The second-order valence-corrected chi connectivity index (χ2v) is 5.28. The van der Waals surface area contributed by atoms with Crippen molar-refractivity contribution in [3.05, 3.63) is 28.7 Å². The molecule has 1 saturated heterocycles. The molecule has 0 amide bonds. The number of H-pyrrole nitrogens is 2. The van der Waals surface area contributed by atoms with Crippen molar-refractivity contribution in [3.8, 4) is 11.4 Å². The van der Waals surface area contributed by atoms with Gasteiger partial charge in [-0.1, -0.05) is 6.92 Å². The largest absolute Gasteiger partial charge is 0.367 e. The number of hydrogen-bond acceptors (Lipinski definition) is 5. The van der Waals surface area contributed by atoms with Crippen LogP contribution in [0.1, 0.15) is 13.3 Å². The highest BCUT2D eigenvalue weighted by Gasteiger charge is 2.25. The molecule has 106 valence electrons. The molecule has 4 N–H and O–H groups in total. The Kier molecular flexibility index (Phi) is 3.27. The van der Waals surface area contributed by atoms with Gasteiger partial charge in [0.2, 0.25) is 5.95 Å². The van der Waals surface area contributed by atoms with Crippen LogP contribution in [0.2, 0.25) is 0 Å². The van der Waals surface area contributed by atoms with E-state index in [9.17, 15) is 4.79 Å². The lowest BCUT2D eigenvalue weighted by molar-refractivity contribution is 0.376. The number of aromatic nitrogens is 4. The Bertz CT molecular complexity index is 648. The Hall–Kier alpha value is -2.15. The van der Waals surface area contributed by atoms with Crippen molar-refractivity contribution in [2.45, 2.75) is 19.4 Å². The van der Waals surface area contributed by atoms with Crippen LogP contribution in [0, 0.1) is 5.92 Å². The third-order valence-electron chi connectivity index (χ3n) is 3.85. The second-order valence-electron chi connectivity index (χ2n) is 5.28. The smallest absolute Gasteiger partial charge is 0.245 e. The highest BCUT2D eigenvalue weighted by molar-refractivity contribution is 5.54. The van der Waals surface area contributed by atoms with E-state index in [4.69, 9.17) is 5.73 Å². The molecule has 2 aromatic rings. The summed E-state index contributed by atoms with van der Waals surface area (Å²) in [5, 5.41) is 7.02. The van der Waals surface area contributed by atoms with E-state index in [0.717, 1.165) is 19.5 Å². The predicted octanol–water partition coefficient (Wildman–Crippen LogP) is 0.333. The molecule has 7 heteroatoms. The predicted molar refractivity (Wildman–Crippen MR) is 76.4 cm³/mol. The highest BCUT2D eigenvalue weighted by Crippen LogP contribution is 2.20. The fourth-order valence-corrected chi connectivity index (χ4v) is 2.40. The van der Waals surface area contributed by atoms with Crippen molar-refractivity contribution in [3.63, 3.8) is 0 Å². The van der Waals surface area contributed by atoms with Crippen molar-refractivity contribution in [2.24, 2.45) is 11.7 Å². The van der Waals surface area contributed by atoms with Crippen molar-refractivity contribution < 1.29 is 0 Å². The minimum atomic E-state index is -0.0876. The zero-order chi connectivity index (χ0) is 14.1. The minimum Gasteiger partial charge on any atom is -0.367 e. The van der Waals surface area contributed by atoms with Crippen LogP contribution in [0.15, 0.2) is 23.3 Å². The molecule has 0 saturated carbocycles. The average Bonchev–Trinajstić information content (AvgIpc) is 2.92. The van der Waals surface area contributed by atoms with Gasteiger partial charge in [0.15, 0.2) is 11.3 Å². The molecular formula is C13H18N6O. The summed E-state index contributed by atoms with van der Waals surface area (Å²) in [6.07, 6.45) is 4.24. The molecule has 2 atom stereocenters. The highest BCUT2D eigenvalue weighted by atomic mass is 16.1. The molecule has 3 rings (SSSR count). The molecule has 1 aliphatic rings. The maximum absolute atomic E-state index is 11.8. The first kappa shape index (κ1) is 12.9. The van der Waals surface area contributed by atoms with Gasteiger partial charge in [-0.15, -0.1) is 5.10 Å². The quantitative estimate of drug-likeness (QED) is 0.732. The number of hydrogen-bond donors (Lipinski definition) is 3. The van der Waals surface area contributed by atoms with Crippen molar-refractivity contribution in [1.82, 2.24) is 20.2 Å². The summed E-state index contributed by atoms with van der Waals surface area (Å²) in [5.74, 6) is 1.60. The standard InChI is InChI=1S/C13H18N6O/c1-8-3-5-19(7-10(8)14)13-16-12(17-18-13)9-6-15-4-2-11(9)20/h2,4,6,8,10H,3,5,7,14H2,1H3,(H,15,20)(H,16,17,18). The Morgan fingerprint density at radius 2 is 2.35 bits per heavy atom. The molecule has 1 fully saturated rings. The van der Waals surface area contributed by atoms with Crippen molar-refractivity contribution >= 4 is 5.95 Å². The van der Waals surface area contributed by atoms with Gasteiger partial charge in [-0.3, -0.25) is 9.89 Å². The molecule has 20 heavy (non-hydrogen) atoms. The number of anilines is 1. The fraction of sp³-hybridized carbons (Fsp3) is 0.462. The van der Waals surface area contributed by atoms with Crippen LogP contribution in [0.25, 0.3) is 11.4 Å². The van der Waals surface area contributed by atoms with Gasteiger partial charge in [0.25, 0.3) is 0 Å². The first-order valence-corrected chi connectivity index (χ1v) is 6.75. The summed E-state index contributed by atoms with van der Waals surface area (Å²) in [6, 6.07) is 1.60. The summed E-state index contributed by atoms with van der Waals surface area (Å²) in [6.45, 7) is 3.79. The molecule has 0 radical (unpaired) electrons. The Morgan fingerprint density at radius 3 is 3.10 bits per heavy atom. The molecule has 0 spiro atoms. The van der Waals surface area contributed by atoms with E-state index >= 15 is 0 Å². The first-order valence-electron chi connectivity index (χ1n) is 6.75. The zero-order valence-corrected chi connectivity index (χ0v) is 11.3. The molecule has 7 nitrogen and oxygen atoms in total. The average molecular weight is 274 g/mol. The van der Waals surface area contributed by atoms with Crippen LogP contribution in [0.3, 0.4) is 0 Å². The summed E-state index contributed by atoms with van der Waals surface area (Å²) in [5.41, 5.74) is 6.48. The Labute approximate surface area is 116 Å². The van der Waals surface area contributed by atoms with Gasteiger partial charge in [-0.2, -0.15) is 4.98 Å². The number of rotatable bonds is 2. The normalized spacial score (nSPS) is 23.0. The topological polar surface area (TPSA) is 104 Å². The Balaban J connectivity index is 1.84. The van der Waals surface area contributed by atoms with Gasteiger partial charge in [-0.05, 0) is 12.3 Å². The number of nitrogens with two attached hydrogens (primary N) is 1. The minimum absolute atomic E-state index is 0.0876. The van der Waals surface area contributed by atoms with E-state index in [1.54, 1.807) is 12.4 Å². The third kappa shape index (κ3) is 2.32. The van der Waals surface area contributed by atoms with Gasteiger partial charge >= 0.3 is 0 Å². The van der Waals surface area contributed by atoms with Crippen LogP contribution in [-0.2, 0) is 0 Å². The zero-order valence-electron chi connectivity index (χ0n) is 11.3. The molecular weight excluding hydrogens is 256 g/mol. The lowest BCUT2D eigenvalue weighted by atomic mass is 9.95. The van der Waals surface area contributed by atoms with Gasteiger partial charge in [0, 0.05) is 37.6 Å². The summed E-state index contributed by atoms with van der Waals surface area (Å²) in [7, 11) is 0. The van der Waals surface area contributed by atoms with Gasteiger partial charge < -0.3 is 15.6 Å². The third-order valence-corrected chi connectivity index (χ3v) is 3.85. The van der Waals surface area contributed by atoms with Gasteiger partial charge in [-0.25, -0.2) is 0 Å². The van der Waals surface area contributed by atoms with E-state index in [2.05, 4.69) is 32.0 Å². The molecule has 2 unspecified atom stereocenters. The maximum atomic E-state index is 11.8. The van der Waals surface area contributed by atoms with E-state index < -0.39 is 0 Å². The van der Waals surface area contributed by atoms with Crippen LogP contribution < -0.4 is 16.1 Å². The second kappa shape index (κ2) is 5.09. The van der Waals surface area contributed by atoms with E-state index in [-0.39, 0.29) is 11.5 Å². The summed E-state index contributed by atoms with van der Waals surface area (Å²) < 4.78 is 0. The van der Waals surface area contributed by atoms with Crippen LogP contribution in [0.4, 0.5) is 5.95 Å². The molecule has 3 heterocycles. The fourth-order valence-electron chi connectivity index (χ4n) is 2.40. The first-order chi connectivity index (χ1) is 9.65. The number of pyridine rings is 1. The summed E-state index contributed by atoms with van der Waals surface area (Å²) in [4.78, 5) is 21.1. The van der Waals surface area contributed by atoms with Crippen LogP contribution in [0.5, 0.6) is 0 Å². The monoisotopic (exact) mass is 274 g/mol. The number of nitrogens with zero attached hydrogens (tertiary/aromatic N) is 3. The number of aromatic amines is 2.